The van der Waals surface area contributed by atoms with Gasteiger partial charge in [-0.2, -0.15) is 0 Å². The number of rotatable bonds is 1. The number of anilines is 1. The van der Waals surface area contributed by atoms with Crippen molar-refractivity contribution < 1.29 is 4.74 Å². The van der Waals surface area contributed by atoms with E-state index in [-0.39, 0.29) is 5.60 Å². The van der Waals surface area contributed by atoms with Crippen LogP contribution in [0.25, 0.3) is 0 Å². The number of piperidine rings is 3. The van der Waals surface area contributed by atoms with Gasteiger partial charge in [-0.3, -0.25) is 9.80 Å². The van der Waals surface area contributed by atoms with Crippen LogP contribution >= 0.6 is 0 Å². The van der Waals surface area contributed by atoms with Crippen molar-refractivity contribution in [3.05, 3.63) is 29.8 Å². The molecule has 0 radical (unpaired) electrons. The first-order valence-corrected chi connectivity index (χ1v) is 7.92. The van der Waals surface area contributed by atoms with Gasteiger partial charge < -0.3 is 4.74 Å². The lowest BCUT2D eigenvalue weighted by Crippen LogP contribution is -2.61. The summed E-state index contributed by atoms with van der Waals surface area (Å²) in [7, 11) is 2.05. The van der Waals surface area contributed by atoms with Crippen molar-refractivity contribution in [1.82, 2.24) is 4.90 Å². The van der Waals surface area contributed by atoms with E-state index in [0.717, 1.165) is 24.8 Å². The molecular weight excluding hydrogens is 262 g/mol. The first-order chi connectivity index (χ1) is 10.2. The van der Waals surface area contributed by atoms with Gasteiger partial charge in [-0.05, 0) is 45.0 Å². The van der Waals surface area contributed by atoms with E-state index in [9.17, 15) is 0 Å². The average Bonchev–Trinajstić information content (AvgIpc) is 2.92. The van der Waals surface area contributed by atoms with Crippen LogP contribution in [0.3, 0.4) is 0 Å². The molecule has 4 heteroatoms. The topological polar surface area (TPSA) is 28.1 Å². The third-order valence-corrected chi connectivity index (χ3v) is 5.31. The summed E-state index contributed by atoms with van der Waals surface area (Å²) >= 11 is 0. The highest BCUT2D eigenvalue weighted by molar-refractivity contribution is 5.92. The smallest absolute Gasteiger partial charge is 0.292 e. The molecule has 1 aromatic carbocycles. The predicted molar refractivity (Wildman–Crippen MR) is 84.9 cm³/mol. The van der Waals surface area contributed by atoms with Crippen molar-refractivity contribution in [2.75, 3.05) is 38.1 Å². The minimum absolute atomic E-state index is 0.0508. The Kier molecular flexibility index (Phi) is 2.96. The first kappa shape index (κ1) is 13.1. The molecule has 4 aliphatic heterocycles. The van der Waals surface area contributed by atoms with Crippen molar-refractivity contribution in [2.24, 2.45) is 10.9 Å². The van der Waals surface area contributed by atoms with E-state index in [2.05, 4.69) is 41.0 Å². The fourth-order valence-corrected chi connectivity index (χ4v) is 3.92. The van der Waals surface area contributed by atoms with E-state index in [0.29, 0.717) is 5.92 Å². The minimum atomic E-state index is -0.0508. The molecule has 0 aromatic heterocycles. The molecule has 0 saturated carbocycles. The summed E-state index contributed by atoms with van der Waals surface area (Å²) in [5.41, 5.74) is 2.36. The van der Waals surface area contributed by atoms with Crippen LogP contribution in [0.4, 0.5) is 5.69 Å². The molecule has 1 spiro atoms. The summed E-state index contributed by atoms with van der Waals surface area (Å²) in [4.78, 5) is 9.33. The van der Waals surface area contributed by atoms with Gasteiger partial charge in [0.25, 0.3) is 6.02 Å². The fraction of sp³-hybridized carbons (Fsp3) is 0.588. The van der Waals surface area contributed by atoms with Gasteiger partial charge in [0.2, 0.25) is 0 Å². The fourth-order valence-electron chi connectivity index (χ4n) is 3.92. The molecule has 5 rings (SSSR count). The van der Waals surface area contributed by atoms with E-state index in [4.69, 9.17) is 9.73 Å². The van der Waals surface area contributed by atoms with Crippen LogP contribution in [0, 0.1) is 12.8 Å². The van der Waals surface area contributed by atoms with Crippen molar-refractivity contribution in [3.63, 3.8) is 0 Å². The number of aryl methyl sites for hydroxylation is 1. The molecule has 3 fully saturated rings. The molecule has 1 unspecified atom stereocenters. The molecule has 3 saturated heterocycles. The second-order valence-corrected chi connectivity index (χ2v) is 6.71. The Morgan fingerprint density at radius 2 is 1.95 bits per heavy atom. The Morgan fingerprint density at radius 1 is 1.24 bits per heavy atom. The summed E-state index contributed by atoms with van der Waals surface area (Å²) in [5.74, 6) is 0.676. The molecule has 0 N–H and O–H groups in total. The van der Waals surface area contributed by atoms with Gasteiger partial charge in [-0.25, -0.2) is 4.99 Å². The number of nitrogens with zero attached hydrogens (tertiary/aromatic N) is 3. The maximum Gasteiger partial charge on any atom is 0.292 e. The van der Waals surface area contributed by atoms with E-state index in [1.54, 1.807) is 0 Å². The average molecular weight is 285 g/mol. The number of benzene rings is 1. The molecule has 112 valence electrons. The molecule has 0 aliphatic carbocycles. The van der Waals surface area contributed by atoms with Crippen LogP contribution in [0.1, 0.15) is 18.4 Å². The Labute approximate surface area is 126 Å². The monoisotopic (exact) mass is 285 g/mol. The number of hydrogen-bond donors (Lipinski definition) is 0. The summed E-state index contributed by atoms with van der Waals surface area (Å²) < 4.78 is 6.40. The van der Waals surface area contributed by atoms with Crippen LogP contribution in [-0.4, -0.2) is 49.7 Å². The lowest BCUT2D eigenvalue weighted by atomic mass is 9.75. The van der Waals surface area contributed by atoms with Gasteiger partial charge in [0.05, 0.1) is 6.54 Å². The van der Waals surface area contributed by atoms with Gasteiger partial charge in [-0.1, -0.05) is 17.7 Å². The maximum atomic E-state index is 6.40. The van der Waals surface area contributed by atoms with Gasteiger partial charge in [0.15, 0.2) is 0 Å². The highest BCUT2D eigenvalue weighted by Crippen LogP contribution is 2.41. The number of amidine groups is 1. The quantitative estimate of drug-likeness (QED) is 0.792. The third-order valence-electron chi connectivity index (χ3n) is 5.31. The highest BCUT2D eigenvalue weighted by atomic mass is 16.5. The van der Waals surface area contributed by atoms with E-state index in [1.807, 2.05) is 7.05 Å². The van der Waals surface area contributed by atoms with Crippen LogP contribution in [0.2, 0.25) is 0 Å². The lowest BCUT2D eigenvalue weighted by molar-refractivity contribution is -0.0836. The molecule has 4 aliphatic rings. The number of hydrogen-bond acceptors (Lipinski definition) is 4. The van der Waals surface area contributed by atoms with Crippen LogP contribution in [0.5, 0.6) is 0 Å². The van der Waals surface area contributed by atoms with Crippen molar-refractivity contribution in [2.45, 2.75) is 25.4 Å². The second-order valence-electron chi connectivity index (χ2n) is 6.71. The third kappa shape index (κ3) is 2.13. The zero-order valence-electron chi connectivity index (χ0n) is 12.9. The standard InChI is InChI=1S/C17H23N3O/c1-13-3-5-15(6-4-13)19(2)16-18-11-17(21-16)12-20-9-7-14(17)8-10-20/h3-6,14H,7-12H2,1-2H3. The molecule has 4 nitrogen and oxygen atoms in total. The van der Waals surface area contributed by atoms with Crippen LogP contribution in [-0.2, 0) is 4.74 Å². The van der Waals surface area contributed by atoms with Crippen LogP contribution < -0.4 is 4.90 Å². The second kappa shape index (κ2) is 4.73. The normalized spacial score (nSPS) is 33.9. The SMILES string of the molecule is Cc1ccc(N(C)C2=NCC3(CN4CCC3CC4)O2)cc1. The van der Waals surface area contributed by atoms with Crippen molar-refractivity contribution in [1.29, 1.82) is 0 Å². The number of ether oxygens (including phenoxy) is 1. The minimum Gasteiger partial charge on any atom is -0.455 e. The number of fused-ring (bicyclic) bond motifs is 2. The first-order valence-electron chi connectivity index (χ1n) is 7.92. The predicted octanol–water partition coefficient (Wildman–Crippen LogP) is 2.28. The lowest BCUT2D eigenvalue weighted by Gasteiger charge is -2.50. The highest BCUT2D eigenvalue weighted by Gasteiger charge is 2.52. The van der Waals surface area contributed by atoms with Gasteiger partial charge in [0, 0.05) is 25.2 Å². The molecule has 2 bridgehead atoms. The summed E-state index contributed by atoms with van der Waals surface area (Å²) in [5, 5.41) is 0. The molecule has 1 atom stereocenters. The van der Waals surface area contributed by atoms with E-state index >= 15 is 0 Å². The summed E-state index contributed by atoms with van der Waals surface area (Å²) in [6.45, 7) is 6.44. The molecular formula is C17H23N3O. The Bertz CT molecular complexity index is 560. The zero-order chi connectivity index (χ0) is 14.4. The van der Waals surface area contributed by atoms with Crippen molar-refractivity contribution in [3.8, 4) is 0 Å². The molecule has 4 heterocycles. The van der Waals surface area contributed by atoms with E-state index < -0.39 is 0 Å². The molecule has 1 aromatic rings. The van der Waals surface area contributed by atoms with Gasteiger partial charge in [0.1, 0.15) is 5.60 Å². The molecule has 0 amide bonds. The largest absolute Gasteiger partial charge is 0.455 e. The zero-order valence-corrected chi connectivity index (χ0v) is 12.9. The Balaban J connectivity index is 1.52. The maximum absolute atomic E-state index is 6.40. The Morgan fingerprint density at radius 3 is 2.57 bits per heavy atom. The summed E-state index contributed by atoms with van der Waals surface area (Å²) in [6.07, 6.45) is 2.52. The van der Waals surface area contributed by atoms with Crippen molar-refractivity contribution >= 4 is 11.7 Å². The van der Waals surface area contributed by atoms with Gasteiger partial charge in [-0.15, -0.1) is 0 Å². The van der Waals surface area contributed by atoms with Crippen LogP contribution in [0.15, 0.2) is 29.3 Å². The number of aliphatic imine (C=N–C) groups is 1. The Hall–Kier alpha value is -1.55. The van der Waals surface area contributed by atoms with E-state index in [1.165, 1.54) is 31.5 Å². The molecule has 21 heavy (non-hydrogen) atoms. The van der Waals surface area contributed by atoms with Gasteiger partial charge >= 0.3 is 0 Å². The summed E-state index contributed by atoms with van der Waals surface area (Å²) in [6, 6.07) is 9.30.